The molecule has 1 aliphatic carbocycles. The maximum Gasteiger partial charge on any atom is 0.0314 e. The fraction of sp³-hybridized carbons (Fsp3) is 0.607. The Morgan fingerprint density at radius 3 is 1.00 bits per heavy atom. The Morgan fingerprint density at radius 1 is 0.381 bits per heavy atom. The normalized spacial score (nSPS) is 17.5. The summed E-state index contributed by atoms with van der Waals surface area (Å²) in [5.74, 6) is 1.66. The molecule has 0 amide bonds. The van der Waals surface area contributed by atoms with Gasteiger partial charge in [0.1, 0.15) is 0 Å². The highest BCUT2D eigenvalue weighted by molar-refractivity contribution is 5.47. The van der Waals surface area contributed by atoms with Crippen molar-refractivity contribution in [2.75, 3.05) is 11.5 Å². The summed E-state index contributed by atoms with van der Waals surface area (Å²) in [5.41, 5.74) is 22.9. The van der Waals surface area contributed by atoms with Crippen LogP contribution in [0.25, 0.3) is 0 Å². The molecule has 0 radical (unpaired) electrons. The number of nitrogens with two attached hydrogens (primary N) is 2. The van der Waals surface area contributed by atoms with Crippen molar-refractivity contribution >= 4 is 11.4 Å². The van der Waals surface area contributed by atoms with Gasteiger partial charge in [0.2, 0.25) is 0 Å². The molecule has 0 aromatic heterocycles. The van der Waals surface area contributed by atoms with E-state index in [4.69, 9.17) is 11.5 Å². The Balaban J connectivity index is 1.34. The lowest BCUT2D eigenvalue weighted by molar-refractivity contribution is 0.250. The minimum atomic E-state index is 0.0530. The van der Waals surface area contributed by atoms with Crippen LogP contribution in [0.4, 0.5) is 11.4 Å². The van der Waals surface area contributed by atoms with E-state index in [1.165, 1.54) is 226 Å². The van der Waals surface area contributed by atoms with E-state index in [1.54, 1.807) is 0 Å². The second-order valence-electron chi connectivity index (χ2n) is 20.1. The average molecular weight is 853 g/mol. The van der Waals surface area contributed by atoms with Crippen LogP contribution in [0.1, 0.15) is 259 Å². The van der Waals surface area contributed by atoms with Crippen molar-refractivity contribution in [3.05, 3.63) is 130 Å². The lowest BCUT2D eigenvalue weighted by Gasteiger charge is -2.42. The third kappa shape index (κ3) is 16.8. The first kappa shape index (κ1) is 50.5. The van der Waals surface area contributed by atoms with Gasteiger partial charge in [-0.05, 0) is 102 Å². The maximum atomic E-state index is 6.20. The third-order valence-corrected chi connectivity index (χ3v) is 15.3. The van der Waals surface area contributed by atoms with Gasteiger partial charge < -0.3 is 11.5 Å². The van der Waals surface area contributed by atoms with Crippen molar-refractivity contribution in [3.8, 4) is 0 Å². The van der Waals surface area contributed by atoms with Crippen LogP contribution in [0.15, 0.2) is 97.1 Å². The van der Waals surface area contributed by atoms with Gasteiger partial charge in [-0.25, -0.2) is 0 Å². The number of hydrogen-bond acceptors (Lipinski definition) is 2. The maximum absolute atomic E-state index is 6.20. The van der Waals surface area contributed by atoms with Gasteiger partial charge in [0, 0.05) is 28.6 Å². The lowest BCUT2D eigenvalue weighted by Crippen LogP contribution is -2.33. The molecule has 4 N–H and O–H groups in total. The van der Waals surface area contributed by atoms with Gasteiger partial charge in [-0.2, -0.15) is 0 Å². The van der Waals surface area contributed by atoms with Crippen molar-refractivity contribution in [1.82, 2.24) is 0 Å². The highest BCUT2D eigenvalue weighted by atomic mass is 14.5. The van der Waals surface area contributed by atoms with Crippen LogP contribution >= 0.6 is 0 Å². The molecule has 1 aliphatic rings. The summed E-state index contributed by atoms with van der Waals surface area (Å²) in [4.78, 5) is 0. The Morgan fingerprint density at radius 2 is 0.667 bits per heavy atom. The first-order valence-electron chi connectivity index (χ1n) is 26.9. The number of rotatable bonds is 32. The minimum absolute atomic E-state index is 0.0530. The van der Waals surface area contributed by atoms with Crippen molar-refractivity contribution < 1.29 is 0 Å². The molecule has 4 aromatic carbocycles. The van der Waals surface area contributed by atoms with Gasteiger partial charge in [0.25, 0.3) is 0 Å². The first-order valence-corrected chi connectivity index (χ1v) is 26.9. The summed E-state index contributed by atoms with van der Waals surface area (Å²) in [7, 11) is 0. The summed E-state index contributed by atoms with van der Waals surface area (Å²) < 4.78 is 0. The Kier molecular flexibility index (Phi) is 23.3. The molecule has 0 heterocycles. The summed E-state index contributed by atoms with van der Waals surface area (Å²) in [6.07, 6.45) is 40.4. The van der Waals surface area contributed by atoms with Crippen LogP contribution in [-0.4, -0.2) is 0 Å². The number of unbranched alkanes of at least 4 members (excludes halogenated alkanes) is 20. The van der Waals surface area contributed by atoms with Crippen molar-refractivity contribution in [3.63, 3.8) is 0 Å². The van der Waals surface area contributed by atoms with E-state index in [9.17, 15) is 0 Å². The fourth-order valence-electron chi connectivity index (χ4n) is 11.1. The van der Waals surface area contributed by atoms with Crippen LogP contribution in [-0.2, 0) is 5.41 Å². The van der Waals surface area contributed by atoms with Gasteiger partial charge in [-0.1, -0.05) is 248 Å². The van der Waals surface area contributed by atoms with E-state index in [0.29, 0.717) is 11.8 Å². The zero-order chi connectivity index (χ0) is 44.4. The number of nitrogen functional groups attached to an aromatic ring is 2. The number of benzene rings is 4. The van der Waals surface area contributed by atoms with Gasteiger partial charge in [-0.15, -0.1) is 0 Å². The summed E-state index contributed by atoms with van der Waals surface area (Å²) in [5, 5.41) is 0. The van der Waals surface area contributed by atoms with Crippen LogP contribution < -0.4 is 11.5 Å². The van der Waals surface area contributed by atoms with Crippen molar-refractivity contribution in [2.24, 2.45) is 5.92 Å². The van der Waals surface area contributed by atoms with Crippen molar-refractivity contribution in [2.45, 2.75) is 231 Å². The predicted molar refractivity (Wildman–Crippen MR) is 278 cm³/mol. The molecule has 2 atom stereocenters. The lowest BCUT2D eigenvalue weighted by atomic mass is 9.62. The molecule has 4 aromatic rings. The Bertz CT molecular complexity index is 1610. The van der Waals surface area contributed by atoms with E-state index in [2.05, 4.69) is 118 Å². The van der Waals surface area contributed by atoms with Crippen molar-refractivity contribution in [1.29, 1.82) is 0 Å². The molecule has 0 saturated heterocycles. The largest absolute Gasteiger partial charge is 0.399 e. The molecule has 1 saturated carbocycles. The standard InChI is InChI=1S/C61H92N2/c1-4-7-10-13-15-17-19-22-25-28-59(53-34-42-57(62)43-35-53)51-30-38-55(39-31-51)61(48-46-50(47-49-61)27-24-21-12-9-6-3)56-40-32-52(33-41-56)60(54-36-44-58(63)45-37-54)29-26-23-20-18-16-14-11-8-5-2/h30-45,50,59-60H,4-29,46-49,62-63H2,1-3H3. The summed E-state index contributed by atoms with van der Waals surface area (Å²) in [6, 6.07) is 37.7. The second kappa shape index (κ2) is 29.1. The van der Waals surface area contributed by atoms with E-state index in [1.807, 2.05) is 0 Å². The topological polar surface area (TPSA) is 52.0 Å². The SMILES string of the molecule is CCCCCCCCCCCC(c1ccc(N)cc1)c1ccc(C2(c3ccc(C(CCCCCCCCCCC)c4ccc(N)cc4)cc3)CCC(CCCCCCC)CC2)cc1. The molecule has 2 heteroatoms. The van der Waals surface area contributed by atoms with Crippen LogP contribution in [0.5, 0.6) is 0 Å². The van der Waals surface area contributed by atoms with Crippen LogP contribution in [0.2, 0.25) is 0 Å². The van der Waals surface area contributed by atoms with Gasteiger partial charge in [0.05, 0.1) is 0 Å². The molecule has 2 unspecified atom stereocenters. The van der Waals surface area contributed by atoms with E-state index in [-0.39, 0.29) is 5.41 Å². The molecule has 2 nitrogen and oxygen atoms in total. The average Bonchev–Trinajstić information content (AvgIpc) is 3.31. The van der Waals surface area contributed by atoms with Crippen LogP contribution in [0.3, 0.4) is 0 Å². The quantitative estimate of drug-likeness (QED) is 0.0380. The molecule has 346 valence electrons. The molecule has 0 aliphatic heterocycles. The smallest absolute Gasteiger partial charge is 0.0314 e. The third-order valence-electron chi connectivity index (χ3n) is 15.3. The zero-order valence-electron chi connectivity index (χ0n) is 40.8. The molecule has 0 spiro atoms. The monoisotopic (exact) mass is 853 g/mol. The second-order valence-corrected chi connectivity index (χ2v) is 20.1. The number of anilines is 2. The van der Waals surface area contributed by atoms with Crippen LogP contribution in [0, 0.1) is 5.92 Å². The molecule has 63 heavy (non-hydrogen) atoms. The number of hydrogen-bond donors (Lipinski definition) is 2. The summed E-state index contributed by atoms with van der Waals surface area (Å²) in [6.45, 7) is 6.94. The predicted octanol–water partition coefficient (Wildman–Crippen LogP) is 18.8. The van der Waals surface area contributed by atoms with E-state index < -0.39 is 0 Å². The Labute approximate surface area is 388 Å². The zero-order valence-corrected chi connectivity index (χ0v) is 40.8. The van der Waals surface area contributed by atoms with Gasteiger partial charge >= 0.3 is 0 Å². The molecule has 0 bridgehead atoms. The van der Waals surface area contributed by atoms with Gasteiger partial charge in [-0.3, -0.25) is 0 Å². The fourth-order valence-corrected chi connectivity index (χ4v) is 11.1. The molecular formula is C61H92N2. The highest BCUT2D eigenvalue weighted by Crippen LogP contribution is 2.48. The Hall–Kier alpha value is -3.52. The van der Waals surface area contributed by atoms with E-state index >= 15 is 0 Å². The molecule has 5 rings (SSSR count). The molecule has 1 fully saturated rings. The van der Waals surface area contributed by atoms with Gasteiger partial charge in [0.15, 0.2) is 0 Å². The molecular weight excluding hydrogens is 761 g/mol. The first-order chi connectivity index (χ1) is 31.0. The summed E-state index contributed by atoms with van der Waals surface area (Å²) >= 11 is 0. The van der Waals surface area contributed by atoms with E-state index in [0.717, 1.165) is 17.3 Å². The highest BCUT2D eigenvalue weighted by Gasteiger charge is 2.38. The minimum Gasteiger partial charge on any atom is -0.399 e.